The van der Waals surface area contributed by atoms with Crippen LogP contribution in [-0.4, -0.2) is 30.8 Å². The summed E-state index contributed by atoms with van der Waals surface area (Å²) < 4.78 is 27.2. The highest BCUT2D eigenvalue weighted by molar-refractivity contribution is 7.89. The highest BCUT2D eigenvalue weighted by Crippen LogP contribution is 2.32. The van der Waals surface area contributed by atoms with Crippen LogP contribution in [0.15, 0.2) is 41.4 Å². The molecule has 1 saturated carbocycles. The molecule has 0 aliphatic heterocycles. The van der Waals surface area contributed by atoms with E-state index < -0.39 is 10.0 Å². The van der Waals surface area contributed by atoms with Crippen molar-refractivity contribution in [3.8, 4) is 12.3 Å². The highest BCUT2D eigenvalue weighted by Gasteiger charge is 2.32. The summed E-state index contributed by atoms with van der Waals surface area (Å²) in [7, 11) is -3.59. The normalized spacial score (nSPS) is 15.2. The van der Waals surface area contributed by atoms with Gasteiger partial charge in [-0.2, -0.15) is 4.31 Å². The lowest BCUT2D eigenvalue weighted by Gasteiger charge is -2.20. The number of aromatic nitrogens is 1. The second-order valence-corrected chi connectivity index (χ2v) is 7.18. The van der Waals surface area contributed by atoms with Crippen molar-refractivity contribution in [3.63, 3.8) is 0 Å². The molecule has 2 aromatic rings. The average molecular weight is 300 g/mol. The summed E-state index contributed by atoms with van der Waals surface area (Å²) in [6, 6.07) is 8.66. The van der Waals surface area contributed by atoms with Crippen molar-refractivity contribution < 1.29 is 8.42 Å². The van der Waals surface area contributed by atoms with E-state index in [4.69, 9.17) is 6.42 Å². The maximum atomic E-state index is 12.9. The Balaban J connectivity index is 2.08. The van der Waals surface area contributed by atoms with E-state index in [1.807, 2.05) is 0 Å². The van der Waals surface area contributed by atoms with Gasteiger partial charge in [0.25, 0.3) is 0 Å². The Morgan fingerprint density at radius 1 is 1.29 bits per heavy atom. The molecular weight excluding hydrogens is 284 g/mol. The standard InChI is InChI=1S/C16H16N2O2S/c1-2-11-18(12-13-8-9-13)21(19,20)16-7-3-6-15-14(16)5-4-10-17-15/h1,3-7,10,13H,8-9,11-12H2. The molecule has 1 fully saturated rings. The van der Waals surface area contributed by atoms with Crippen molar-refractivity contribution in [2.24, 2.45) is 5.92 Å². The first-order valence-electron chi connectivity index (χ1n) is 6.90. The van der Waals surface area contributed by atoms with E-state index in [0.29, 0.717) is 23.4 Å². The van der Waals surface area contributed by atoms with Gasteiger partial charge >= 0.3 is 0 Å². The van der Waals surface area contributed by atoms with Gasteiger partial charge in [-0.3, -0.25) is 4.98 Å². The molecule has 0 radical (unpaired) electrons. The average Bonchev–Trinajstić information content (AvgIpc) is 3.30. The van der Waals surface area contributed by atoms with Crippen LogP contribution in [0.2, 0.25) is 0 Å². The van der Waals surface area contributed by atoms with Crippen LogP contribution in [0.25, 0.3) is 10.9 Å². The highest BCUT2D eigenvalue weighted by atomic mass is 32.2. The minimum atomic E-state index is -3.59. The number of nitrogens with zero attached hydrogens (tertiary/aromatic N) is 2. The van der Waals surface area contributed by atoms with Crippen molar-refractivity contribution in [2.75, 3.05) is 13.1 Å². The second kappa shape index (κ2) is 5.47. The summed E-state index contributed by atoms with van der Waals surface area (Å²) >= 11 is 0. The maximum absolute atomic E-state index is 12.9. The Kier molecular flexibility index (Phi) is 3.66. The molecule has 0 spiro atoms. The Hall–Kier alpha value is -1.90. The number of rotatable bonds is 5. The molecule has 1 aliphatic carbocycles. The van der Waals surface area contributed by atoms with Crippen LogP contribution in [0.1, 0.15) is 12.8 Å². The van der Waals surface area contributed by atoms with E-state index in [0.717, 1.165) is 12.8 Å². The van der Waals surface area contributed by atoms with Gasteiger partial charge in [-0.15, -0.1) is 6.42 Å². The van der Waals surface area contributed by atoms with E-state index >= 15 is 0 Å². The monoisotopic (exact) mass is 300 g/mol. The molecule has 1 aliphatic rings. The van der Waals surface area contributed by atoms with Crippen molar-refractivity contribution in [1.29, 1.82) is 0 Å². The van der Waals surface area contributed by atoms with Crippen molar-refractivity contribution in [2.45, 2.75) is 17.7 Å². The van der Waals surface area contributed by atoms with Gasteiger partial charge in [0.15, 0.2) is 0 Å². The number of terminal acetylenes is 1. The quantitative estimate of drug-likeness (QED) is 0.796. The lowest BCUT2D eigenvalue weighted by Crippen LogP contribution is -2.33. The van der Waals surface area contributed by atoms with Gasteiger partial charge < -0.3 is 0 Å². The molecule has 3 rings (SSSR count). The van der Waals surface area contributed by atoms with Crippen LogP contribution in [0.5, 0.6) is 0 Å². The van der Waals surface area contributed by atoms with Crippen molar-refractivity contribution >= 4 is 20.9 Å². The molecule has 0 atom stereocenters. The summed E-state index contributed by atoms with van der Waals surface area (Å²) in [5, 5.41) is 0.637. The van der Waals surface area contributed by atoms with E-state index in [1.54, 1.807) is 36.5 Å². The maximum Gasteiger partial charge on any atom is 0.244 e. The van der Waals surface area contributed by atoms with Gasteiger partial charge in [0.05, 0.1) is 17.0 Å². The summed E-state index contributed by atoms with van der Waals surface area (Å²) in [4.78, 5) is 4.49. The first kappa shape index (κ1) is 14.1. The molecule has 4 nitrogen and oxygen atoms in total. The third-order valence-electron chi connectivity index (χ3n) is 3.65. The Bertz CT molecular complexity index is 799. The van der Waals surface area contributed by atoms with Gasteiger partial charge in [0.2, 0.25) is 10.0 Å². The SMILES string of the molecule is C#CCN(CC1CC1)S(=O)(=O)c1cccc2ncccc12. The van der Waals surface area contributed by atoms with E-state index in [2.05, 4.69) is 10.9 Å². The molecule has 0 saturated heterocycles. The molecule has 5 heteroatoms. The van der Waals surface area contributed by atoms with Crippen LogP contribution >= 0.6 is 0 Å². The lowest BCUT2D eigenvalue weighted by molar-refractivity contribution is 0.430. The minimum absolute atomic E-state index is 0.107. The molecule has 0 amide bonds. The van der Waals surface area contributed by atoms with E-state index in [9.17, 15) is 8.42 Å². The molecule has 1 aromatic heterocycles. The summed E-state index contributed by atoms with van der Waals surface area (Å²) in [5.41, 5.74) is 0.672. The number of hydrogen-bond donors (Lipinski definition) is 0. The van der Waals surface area contributed by atoms with Gasteiger partial charge in [-0.05, 0) is 43.0 Å². The summed E-state index contributed by atoms with van der Waals surface area (Å²) in [6.45, 7) is 0.610. The molecular formula is C16H16N2O2S. The molecule has 1 aromatic carbocycles. The van der Waals surface area contributed by atoms with E-state index in [-0.39, 0.29) is 11.4 Å². The van der Waals surface area contributed by atoms with Crippen LogP contribution in [0.3, 0.4) is 0 Å². The largest absolute Gasteiger partial charge is 0.256 e. The van der Waals surface area contributed by atoms with Gasteiger partial charge in [-0.1, -0.05) is 12.0 Å². The van der Waals surface area contributed by atoms with Gasteiger partial charge in [0.1, 0.15) is 0 Å². The van der Waals surface area contributed by atoms with Crippen LogP contribution in [-0.2, 0) is 10.0 Å². The minimum Gasteiger partial charge on any atom is -0.256 e. The zero-order valence-electron chi connectivity index (χ0n) is 11.6. The zero-order chi connectivity index (χ0) is 14.9. The first-order chi connectivity index (χ1) is 10.1. The smallest absolute Gasteiger partial charge is 0.244 e. The number of pyridine rings is 1. The molecule has 0 unspecified atom stereocenters. The van der Waals surface area contributed by atoms with Crippen LogP contribution in [0.4, 0.5) is 0 Å². The summed E-state index contributed by atoms with van der Waals surface area (Å²) in [5.74, 6) is 2.90. The Morgan fingerprint density at radius 2 is 2.10 bits per heavy atom. The zero-order valence-corrected chi connectivity index (χ0v) is 12.4. The Morgan fingerprint density at radius 3 is 2.81 bits per heavy atom. The molecule has 0 N–H and O–H groups in total. The fraction of sp³-hybridized carbons (Fsp3) is 0.312. The van der Waals surface area contributed by atoms with Crippen molar-refractivity contribution in [3.05, 3.63) is 36.5 Å². The molecule has 108 valence electrons. The molecule has 21 heavy (non-hydrogen) atoms. The van der Waals surface area contributed by atoms with Gasteiger partial charge in [-0.25, -0.2) is 8.42 Å². The Labute approximate surface area is 124 Å². The van der Waals surface area contributed by atoms with Gasteiger partial charge in [0, 0.05) is 18.1 Å². The molecule has 1 heterocycles. The topological polar surface area (TPSA) is 50.3 Å². The third-order valence-corrected chi connectivity index (χ3v) is 5.52. The fourth-order valence-corrected chi connectivity index (χ4v) is 4.01. The fourth-order valence-electron chi connectivity index (χ4n) is 2.38. The third kappa shape index (κ3) is 2.78. The molecule has 0 bridgehead atoms. The van der Waals surface area contributed by atoms with Crippen LogP contribution < -0.4 is 0 Å². The summed E-state index contributed by atoms with van der Waals surface area (Å²) in [6.07, 6.45) is 9.15. The predicted molar refractivity (Wildman–Crippen MR) is 82.1 cm³/mol. The van der Waals surface area contributed by atoms with Crippen LogP contribution in [0, 0.1) is 18.3 Å². The number of fused-ring (bicyclic) bond motifs is 1. The van der Waals surface area contributed by atoms with Crippen molar-refractivity contribution in [1.82, 2.24) is 9.29 Å². The number of hydrogen-bond acceptors (Lipinski definition) is 3. The lowest BCUT2D eigenvalue weighted by atomic mass is 10.2. The number of sulfonamides is 1. The number of benzene rings is 1. The first-order valence-corrected chi connectivity index (χ1v) is 8.34. The predicted octanol–water partition coefficient (Wildman–Crippen LogP) is 2.27. The second-order valence-electron chi connectivity index (χ2n) is 5.27. The van der Waals surface area contributed by atoms with E-state index in [1.165, 1.54) is 4.31 Å².